The van der Waals surface area contributed by atoms with Crippen molar-refractivity contribution in [2.75, 3.05) is 12.4 Å². The van der Waals surface area contributed by atoms with Crippen LogP contribution in [0, 0.1) is 0 Å². The van der Waals surface area contributed by atoms with Crippen molar-refractivity contribution in [2.45, 2.75) is 6.54 Å². The summed E-state index contributed by atoms with van der Waals surface area (Å²) in [6, 6.07) is 13.9. The molecule has 0 aliphatic heterocycles. The Morgan fingerprint density at radius 1 is 1.08 bits per heavy atom. The second kappa shape index (κ2) is 7.27. The molecular formula is C18H16ClN3O3. The van der Waals surface area contributed by atoms with Crippen LogP contribution in [0.2, 0.25) is 5.02 Å². The van der Waals surface area contributed by atoms with Gasteiger partial charge >= 0.3 is 5.69 Å². The molecular weight excluding hydrogens is 342 g/mol. The van der Waals surface area contributed by atoms with E-state index in [9.17, 15) is 9.59 Å². The summed E-state index contributed by atoms with van der Waals surface area (Å²) in [6.45, 7) is -0.0788. The van der Waals surface area contributed by atoms with E-state index < -0.39 is 0 Å². The molecule has 0 saturated carbocycles. The highest BCUT2D eigenvalue weighted by Gasteiger charge is 2.09. The van der Waals surface area contributed by atoms with Crippen molar-refractivity contribution in [3.8, 4) is 11.4 Å². The predicted molar refractivity (Wildman–Crippen MR) is 96.7 cm³/mol. The molecule has 1 amide bonds. The molecule has 128 valence electrons. The minimum Gasteiger partial charge on any atom is -0.497 e. The number of hydrogen-bond acceptors (Lipinski definition) is 3. The zero-order valence-corrected chi connectivity index (χ0v) is 14.2. The van der Waals surface area contributed by atoms with Gasteiger partial charge in [0.1, 0.15) is 12.3 Å². The number of anilines is 1. The third-order valence-electron chi connectivity index (χ3n) is 3.64. The van der Waals surface area contributed by atoms with Crippen molar-refractivity contribution in [1.82, 2.24) is 9.13 Å². The fourth-order valence-corrected chi connectivity index (χ4v) is 2.49. The van der Waals surface area contributed by atoms with Crippen LogP contribution in [0.5, 0.6) is 5.75 Å². The van der Waals surface area contributed by atoms with E-state index in [0.29, 0.717) is 22.1 Å². The first-order valence-corrected chi connectivity index (χ1v) is 7.92. The molecule has 6 nitrogen and oxygen atoms in total. The number of carbonyl (C=O) groups excluding carboxylic acids is 1. The van der Waals surface area contributed by atoms with Crippen molar-refractivity contribution >= 4 is 23.2 Å². The van der Waals surface area contributed by atoms with Gasteiger partial charge in [0.25, 0.3) is 0 Å². The van der Waals surface area contributed by atoms with Crippen LogP contribution in [-0.4, -0.2) is 22.2 Å². The molecule has 2 aromatic carbocycles. The standard InChI is InChI=1S/C18H16ClN3O3/c1-25-16-8-6-15(7-9-16)22-11-10-21(18(22)24)12-17(23)20-14-4-2-13(19)3-5-14/h2-11H,12H2,1H3,(H,20,23). The highest BCUT2D eigenvalue weighted by Crippen LogP contribution is 2.14. The lowest BCUT2D eigenvalue weighted by Crippen LogP contribution is -2.28. The number of nitrogens with zero attached hydrogens (tertiary/aromatic N) is 2. The number of benzene rings is 2. The van der Waals surface area contributed by atoms with Gasteiger partial charge in [0.15, 0.2) is 0 Å². The molecule has 3 rings (SSSR count). The van der Waals surface area contributed by atoms with Crippen LogP contribution in [0.25, 0.3) is 5.69 Å². The van der Waals surface area contributed by atoms with E-state index in [2.05, 4.69) is 5.32 Å². The normalized spacial score (nSPS) is 10.5. The van der Waals surface area contributed by atoms with E-state index in [-0.39, 0.29) is 18.1 Å². The van der Waals surface area contributed by atoms with E-state index in [1.807, 2.05) is 0 Å². The van der Waals surface area contributed by atoms with Crippen LogP contribution in [0.15, 0.2) is 65.7 Å². The lowest BCUT2D eigenvalue weighted by molar-refractivity contribution is -0.116. The molecule has 0 aliphatic rings. The third-order valence-corrected chi connectivity index (χ3v) is 3.89. The van der Waals surface area contributed by atoms with Crippen LogP contribution >= 0.6 is 11.6 Å². The lowest BCUT2D eigenvalue weighted by Gasteiger charge is -2.06. The van der Waals surface area contributed by atoms with E-state index in [4.69, 9.17) is 16.3 Å². The first-order chi connectivity index (χ1) is 12.1. The Bertz CT molecular complexity index is 927. The van der Waals surface area contributed by atoms with Gasteiger partial charge < -0.3 is 10.1 Å². The quantitative estimate of drug-likeness (QED) is 0.763. The summed E-state index contributed by atoms with van der Waals surface area (Å²) in [5.74, 6) is 0.412. The molecule has 3 aromatic rings. The molecule has 1 heterocycles. The SMILES string of the molecule is COc1ccc(-n2ccn(CC(=O)Nc3ccc(Cl)cc3)c2=O)cc1. The maximum absolute atomic E-state index is 12.5. The average molecular weight is 358 g/mol. The van der Waals surface area contributed by atoms with Crippen LogP contribution in [-0.2, 0) is 11.3 Å². The number of nitrogens with one attached hydrogen (secondary N) is 1. The third kappa shape index (κ3) is 3.92. The Balaban J connectivity index is 1.73. The van der Waals surface area contributed by atoms with Gasteiger partial charge in [-0.3, -0.25) is 13.9 Å². The fraction of sp³-hybridized carbons (Fsp3) is 0.111. The van der Waals surface area contributed by atoms with Crippen LogP contribution in [0.3, 0.4) is 0 Å². The Morgan fingerprint density at radius 3 is 2.40 bits per heavy atom. The van der Waals surface area contributed by atoms with Gasteiger partial charge in [-0.1, -0.05) is 11.6 Å². The number of amides is 1. The molecule has 25 heavy (non-hydrogen) atoms. The predicted octanol–water partition coefficient (Wildman–Crippen LogP) is 2.94. The van der Waals surface area contributed by atoms with Gasteiger partial charge in [0.05, 0.1) is 12.8 Å². The molecule has 0 fully saturated rings. The van der Waals surface area contributed by atoms with E-state index >= 15 is 0 Å². The van der Waals surface area contributed by atoms with Crippen molar-refractivity contribution in [2.24, 2.45) is 0 Å². The number of ether oxygens (including phenoxy) is 1. The van der Waals surface area contributed by atoms with Gasteiger partial charge in [-0.05, 0) is 48.5 Å². The minimum atomic E-state index is -0.295. The van der Waals surface area contributed by atoms with Gasteiger partial charge in [0.2, 0.25) is 5.91 Å². The number of aromatic nitrogens is 2. The molecule has 7 heteroatoms. The first kappa shape index (κ1) is 16.9. The Morgan fingerprint density at radius 2 is 1.76 bits per heavy atom. The molecule has 0 atom stereocenters. The highest BCUT2D eigenvalue weighted by molar-refractivity contribution is 6.30. The molecule has 0 saturated heterocycles. The number of imidazole rings is 1. The molecule has 0 aliphatic carbocycles. The Hall–Kier alpha value is -2.99. The van der Waals surface area contributed by atoms with Crippen LogP contribution in [0.4, 0.5) is 5.69 Å². The monoisotopic (exact) mass is 357 g/mol. The molecule has 0 unspecified atom stereocenters. The van der Waals surface area contributed by atoms with Crippen molar-refractivity contribution in [1.29, 1.82) is 0 Å². The van der Waals surface area contributed by atoms with Crippen molar-refractivity contribution in [3.63, 3.8) is 0 Å². The summed E-state index contributed by atoms with van der Waals surface area (Å²) in [5, 5.41) is 3.31. The molecule has 1 N–H and O–H groups in total. The summed E-state index contributed by atoms with van der Waals surface area (Å²) in [4.78, 5) is 24.6. The number of rotatable bonds is 5. The largest absolute Gasteiger partial charge is 0.497 e. The van der Waals surface area contributed by atoms with Crippen molar-refractivity contribution in [3.05, 3.63) is 76.4 Å². The first-order valence-electron chi connectivity index (χ1n) is 7.54. The maximum atomic E-state index is 12.5. The number of halogens is 1. The summed E-state index contributed by atoms with van der Waals surface area (Å²) in [6.07, 6.45) is 3.20. The van der Waals surface area contributed by atoms with Gasteiger partial charge in [-0.2, -0.15) is 0 Å². The van der Waals surface area contributed by atoms with Crippen LogP contribution in [0.1, 0.15) is 0 Å². The van der Waals surface area contributed by atoms with Gasteiger partial charge in [0, 0.05) is 23.1 Å². The van der Waals surface area contributed by atoms with Gasteiger partial charge in [-0.25, -0.2) is 4.79 Å². The van der Waals surface area contributed by atoms with Crippen LogP contribution < -0.4 is 15.7 Å². The zero-order valence-electron chi connectivity index (χ0n) is 13.5. The smallest absolute Gasteiger partial charge is 0.333 e. The molecule has 0 radical (unpaired) electrons. The van der Waals surface area contributed by atoms with E-state index in [1.165, 1.54) is 9.13 Å². The number of methoxy groups -OCH3 is 1. The summed E-state index contributed by atoms with van der Waals surface area (Å²) < 4.78 is 7.91. The number of hydrogen-bond donors (Lipinski definition) is 1. The summed E-state index contributed by atoms with van der Waals surface area (Å²) >= 11 is 5.81. The van der Waals surface area contributed by atoms with E-state index in [1.54, 1.807) is 68.0 Å². The van der Waals surface area contributed by atoms with Gasteiger partial charge in [-0.15, -0.1) is 0 Å². The topological polar surface area (TPSA) is 65.3 Å². The molecule has 0 spiro atoms. The highest BCUT2D eigenvalue weighted by atomic mass is 35.5. The Kier molecular flexibility index (Phi) is 4.90. The minimum absolute atomic E-state index is 0.0788. The molecule has 0 bridgehead atoms. The second-order valence-electron chi connectivity index (χ2n) is 5.33. The maximum Gasteiger partial charge on any atom is 0.333 e. The molecule has 1 aromatic heterocycles. The second-order valence-corrected chi connectivity index (χ2v) is 5.77. The lowest BCUT2D eigenvalue weighted by atomic mass is 10.3. The summed E-state index contributed by atoms with van der Waals surface area (Å²) in [7, 11) is 1.58. The van der Waals surface area contributed by atoms with E-state index in [0.717, 1.165) is 0 Å². The average Bonchev–Trinajstić information content (AvgIpc) is 2.97. The van der Waals surface area contributed by atoms with Crippen molar-refractivity contribution < 1.29 is 9.53 Å². The fourth-order valence-electron chi connectivity index (χ4n) is 2.36. The number of carbonyl (C=O) groups is 1. The summed E-state index contributed by atoms with van der Waals surface area (Å²) in [5.41, 5.74) is 1.02. The Labute approximate surface area is 149 Å². The zero-order chi connectivity index (χ0) is 17.8.